The second-order valence-electron chi connectivity index (χ2n) is 3.30. The molecule has 2 atom stereocenters. The average molecular weight is 185 g/mol. The smallest absolute Gasteiger partial charge is 0.309 e. The fraction of sp³-hybridized carbons (Fsp3) is 0.778. The lowest BCUT2D eigenvalue weighted by Crippen LogP contribution is -2.36. The fourth-order valence-corrected chi connectivity index (χ4v) is 2.01. The van der Waals surface area contributed by atoms with E-state index in [-0.39, 0.29) is 18.4 Å². The minimum absolute atomic E-state index is 0.0262. The van der Waals surface area contributed by atoms with E-state index < -0.39 is 11.9 Å². The third-order valence-corrected chi connectivity index (χ3v) is 2.66. The van der Waals surface area contributed by atoms with Gasteiger partial charge in [0.25, 0.3) is 0 Å². The summed E-state index contributed by atoms with van der Waals surface area (Å²) < 4.78 is 0. The van der Waals surface area contributed by atoms with Crippen molar-refractivity contribution in [1.82, 2.24) is 4.90 Å². The van der Waals surface area contributed by atoms with Crippen LogP contribution in [0.15, 0.2) is 0 Å². The van der Waals surface area contributed by atoms with Gasteiger partial charge in [0.1, 0.15) is 0 Å². The molecule has 1 amide bonds. The van der Waals surface area contributed by atoms with E-state index in [9.17, 15) is 9.59 Å². The summed E-state index contributed by atoms with van der Waals surface area (Å²) in [7, 11) is 0. The fourth-order valence-electron chi connectivity index (χ4n) is 2.01. The maximum Gasteiger partial charge on any atom is 0.309 e. The van der Waals surface area contributed by atoms with Crippen molar-refractivity contribution in [3.05, 3.63) is 0 Å². The zero-order chi connectivity index (χ0) is 10.0. The molecule has 0 aromatic carbocycles. The molecule has 0 radical (unpaired) electrons. The number of amides is 1. The monoisotopic (exact) mass is 185 g/mol. The van der Waals surface area contributed by atoms with Crippen LogP contribution in [0.25, 0.3) is 0 Å². The number of rotatable bonds is 3. The molecular weight excluding hydrogens is 170 g/mol. The normalized spacial score (nSPS) is 28.2. The largest absolute Gasteiger partial charge is 0.481 e. The highest BCUT2D eigenvalue weighted by molar-refractivity contribution is 5.86. The first kappa shape index (κ1) is 10.0. The number of aliphatic carboxylic acids is 1. The molecule has 0 aliphatic carbocycles. The summed E-state index contributed by atoms with van der Waals surface area (Å²) in [4.78, 5) is 23.8. The van der Waals surface area contributed by atoms with Gasteiger partial charge in [0.15, 0.2) is 0 Å². The van der Waals surface area contributed by atoms with Gasteiger partial charge in [-0.2, -0.15) is 0 Å². The maximum absolute atomic E-state index is 11.4. The Morgan fingerprint density at radius 2 is 2.23 bits per heavy atom. The number of nitrogens with zero attached hydrogens (tertiary/aromatic N) is 1. The van der Waals surface area contributed by atoms with Gasteiger partial charge in [-0.05, 0) is 13.3 Å². The van der Waals surface area contributed by atoms with Crippen LogP contribution >= 0.6 is 0 Å². The number of carboxylic acid groups (broad SMARTS) is 1. The lowest BCUT2D eigenvalue weighted by Gasteiger charge is -2.23. The SMILES string of the molecule is CC[C@@H]1[C@@H](C(=O)O)CC(=O)N1CC. The zero-order valence-corrected chi connectivity index (χ0v) is 7.99. The number of hydrogen-bond donors (Lipinski definition) is 1. The Labute approximate surface area is 77.5 Å². The van der Waals surface area contributed by atoms with Gasteiger partial charge in [-0.15, -0.1) is 0 Å². The quantitative estimate of drug-likeness (QED) is 0.704. The van der Waals surface area contributed by atoms with E-state index in [4.69, 9.17) is 5.11 Å². The second-order valence-corrected chi connectivity index (χ2v) is 3.30. The van der Waals surface area contributed by atoms with Crippen LogP contribution < -0.4 is 0 Å². The van der Waals surface area contributed by atoms with Crippen LogP contribution in [-0.2, 0) is 9.59 Å². The number of likely N-dealkylation sites (tertiary alicyclic amines) is 1. The molecular formula is C9H15NO3. The molecule has 1 fully saturated rings. The highest BCUT2D eigenvalue weighted by Gasteiger charge is 2.41. The molecule has 1 aliphatic rings. The molecule has 4 nitrogen and oxygen atoms in total. The average Bonchev–Trinajstić information content (AvgIpc) is 2.41. The molecule has 74 valence electrons. The van der Waals surface area contributed by atoms with Crippen molar-refractivity contribution in [3.8, 4) is 0 Å². The van der Waals surface area contributed by atoms with Gasteiger partial charge in [-0.1, -0.05) is 6.92 Å². The third-order valence-electron chi connectivity index (χ3n) is 2.66. The van der Waals surface area contributed by atoms with Crippen LogP contribution in [0, 0.1) is 5.92 Å². The van der Waals surface area contributed by atoms with Crippen molar-refractivity contribution >= 4 is 11.9 Å². The third kappa shape index (κ3) is 1.66. The summed E-state index contributed by atoms with van der Waals surface area (Å²) in [5, 5.41) is 8.87. The van der Waals surface area contributed by atoms with E-state index in [0.29, 0.717) is 6.54 Å². The van der Waals surface area contributed by atoms with Gasteiger partial charge in [0, 0.05) is 19.0 Å². The summed E-state index contributed by atoms with van der Waals surface area (Å²) in [6.07, 6.45) is 0.887. The van der Waals surface area contributed by atoms with E-state index in [1.807, 2.05) is 13.8 Å². The molecule has 0 saturated carbocycles. The topological polar surface area (TPSA) is 57.6 Å². The Balaban J connectivity index is 2.81. The van der Waals surface area contributed by atoms with E-state index in [1.54, 1.807) is 4.90 Å². The van der Waals surface area contributed by atoms with E-state index in [0.717, 1.165) is 6.42 Å². The van der Waals surface area contributed by atoms with Crippen molar-refractivity contribution in [1.29, 1.82) is 0 Å². The summed E-state index contributed by atoms with van der Waals surface area (Å²) in [5.41, 5.74) is 0. The number of carbonyl (C=O) groups is 2. The van der Waals surface area contributed by atoms with Crippen LogP contribution in [0.2, 0.25) is 0 Å². The molecule has 0 aromatic heterocycles. The van der Waals surface area contributed by atoms with Crippen LogP contribution in [-0.4, -0.2) is 34.5 Å². The molecule has 0 bridgehead atoms. The summed E-state index contributed by atoms with van der Waals surface area (Å²) in [6.45, 7) is 4.41. The first-order valence-electron chi connectivity index (χ1n) is 4.64. The molecule has 1 rings (SSSR count). The summed E-state index contributed by atoms with van der Waals surface area (Å²) >= 11 is 0. The van der Waals surface area contributed by atoms with Gasteiger partial charge in [-0.3, -0.25) is 9.59 Å². The van der Waals surface area contributed by atoms with Gasteiger partial charge < -0.3 is 10.0 Å². The molecule has 1 saturated heterocycles. The Morgan fingerprint density at radius 1 is 1.62 bits per heavy atom. The minimum Gasteiger partial charge on any atom is -0.481 e. The zero-order valence-electron chi connectivity index (χ0n) is 7.99. The maximum atomic E-state index is 11.4. The Bertz CT molecular complexity index is 227. The summed E-state index contributed by atoms with van der Waals surface area (Å²) in [6, 6.07) is -0.102. The molecule has 0 spiro atoms. The summed E-state index contributed by atoms with van der Waals surface area (Å²) in [5.74, 6) is -1.38. The lowest BCUT2D eigenvalue weighted by atomic mass is 9.98. The van der Waals surface area contributed by atoms with E-state index >= 15 is 0 Å². The second kappa shape index (κ2) is 3.77. The molecule has 0 unspecified atom stereocenters. The van der Waals surface area contributed by atoms with Gasteiger partial charge in [-0.25, -0.2) is 0 Å². The van der Waals surface area contributed by atoms with Crippen molar-refractivity contribution in [2.75, 3.05) is 6.54 Å². The van der Waals surface area contributed by atoms with Crippen molar-refractivity contribution < 1.29 is 14.7 Å². The van der Waals surface area contributed by atoms with Crippen molar-refractivity contribution in [3.63, 3.8) is 0 Å². The number of carbonyl (C=O) groups excluding carboxylic acids is 1. The van der Waals surface area contributed by atoms with Crippen LogP contribution in [0.4, 0.5) is 0 Å². The molecule has 1 aliphatic heterocycles. The first-order chi connectivity index (χ1) is 6.11. The Morgan fingerprint density at radius 3 is 2.62 bits per heavy atom. The molecule has 1 N–H and O–H groups in total. The molecule has 1 heterocycles. The Kier molecular flexibility index (Phi) is 2.90. The molecule has 13 heavy (non-hydrogen) atoms. The van der Waals surface area contributed by atoms with Gasteiger partial charge in [0.05, 0.1) is 5.92 Å². The van der Waals surface area contributed by atoms with Crippen LogP contribution in [0.1, 0.15) is 26.7 Å². The van der Waals surface area contributed by atoms with Gasteiger partial charge in [0.2, 0.25) is 5.91 Å². The number of carboxylic acids is 1. The van der Waals surface area contributed by atoms with Crippen molar-refractivity contribution in [2.24, 2.45) is 5.92 Å². The highest BCUT2D eigenvalue weighted by Crippen LogP contribution is 2.27. The standard InChI is InChI=1S/C9H15NO3/c1-3-7-6(9(12)13)5-8(11)10(7)4-2/h6-7H,3-5H2,1-2H3,(H,12,13)/t6-,7+/m0/s1. The van der Waals surface area contributed by atoms with Crippen molar-refractivity contribution in [2.45, 2.75) is 32.7 Å². The minimum atomic E-state index is -0.851. The van der Waals surface area contributed by atoms with Gasteiger partial charge >= 0.3 is 5.97 Å². The first-order valence-corrected chi connectivity index (χ1v) is 4.64. The predicted molar refractivity (Wildman–Crippen MR) is 47.2 cm³/mol. The Hall–Kier alpha value is -1.06. The van der Waals surface area contributed by atoms with E-state index in [2.05, 4.69) is 0 Å². The predicted octanol–water partition coefficient (Wildman–Crippen LogP) is 0.718. The van der Waals surface area contributed by atoms with Crippen LogP contribution in [0.3, 0.4) is 0 Å². The van der Waals surface area contributed by atoms with E-state index in [1.165, 1.54) is 0 Å². The molecule has 0 aromatic rings. The lowest BCUT2D eigenvalue weighted by molar-refractivity contribution is -0.142. The molecule has 4 heteroatoms. The highest BCUT2D eigenvalue weighted by atomic mass is 16.4. The van der Waals surface area contributed by atoms with Crippen LogP contribution in [0.5, 0.6) is 0 Å². The number of hydrogen-bond acceptors (Lipinski definition) is 2.